The smallest absolute Gasteiger partial charge is 0.135 e. The van der Waals surface area contributed by atoms with Gasteiger partial charge in [-0.2, -0.15) is 0 Å². The summed E-state index contributed by atoms with van der Waals surface area (Å²) in [5.41, 5.74) is 5.98. The number of halogens is 1. The highest BCUT2D eigenvalue weighted by Gasteiger charge is 2.49. The summed E-state index contributed by atoms with van der Waals surface area (Å²) >= 11 is 3.31. The molecule has 4 heteroatoms. The van der Waals surface area contributed by atoms with Crippen LogP contribution in [0.3, 0.4) is 0 Å². The third-order valence-electron chi connectivity index (χ3n) is 2.73. The van der Waals surface area contributed by atoms with E-state index in [0.717, 1.165) is 23.1 Å². The molecule has 1 aromatic heterocycles. The molecular formula is C9H12BrN3. The number of hydrogen-bond acceptors (Lipinski definition) is 3. The molecule has 0 spiro atoms. The monoisotopic (exact) mass is 241 g/mol. The molecule has 0 saturated heterocycles. The Morgan fingerprint density at radius 2 is 2.00 bits per heavy atom. The zero-order chi connectivity index (χ0) is 9.47. The third-order valence-corrected chi connectivity index (χ3v) is 3.14. The quantitative estimate of drug-likeness (QED) is 0.857. The predicted molar refractivity (Wildman–Crippen MR) is 54.3 cm³/mol. The highest BCUT2D eigenvalue weighted by atomic mass is 79.9. The second kappa shape index (κ2) is 3.03. The van der Waals surface area contributed by atoms with Crippen LogP contribution in [0.4, 0.5) is 0 Å². The molecule has 1 fully saturated rings. The van der Waals surface area contributed by atoms with E-state index in [4.69, 9.17) is 5.73 Å². The first-order valence-electron chi connectivity index (χ1n) is 4.39. The number of nitrogens with two attached hydrogens (primary N) is 1. The van der Waals surface area contributed by atoms with Gasteiger partial charge in [0.05, 0.1) is 4.47 Å². The molecule has 1 aromatic rings. The van der Waals surface area contributed by atoms with E-state index in [1.807, 2.05) is 6.92 Å². The Hall–Kier alpha value is -0.480. The molecule has 2 rings (SSSR count). The maximum atomic E-state index is 5.91. The molecule has 1 heterocycles. The van der Waals surface area contributed by atoms with Crippen LogP contribution in [0.2, 0.25) is 0 Å². The summed E-state index contributed by atoms with van der Waals surface area (Å²) in [5.74, 6) is 0.894. The van der Waals surface area contributed by atoms with E-state index < -0.39 is 0 Å². The molecule has 0 bridgehead atoms. The van der Waals surface area contributed by atoms with Crippen LogP contribution in [0.15, 0.2) is 16.9 Å². The minimum absolute atomic E-state index is 0.0701. The molecule has 1 unspecified atom stereocenters. The van der Waals surface area contributed by atoms with Crippen LogP contribution in [0, 0.1) is 0 Å². The Labute approximate surface area is 85.9 Å². The predicted octanol–water partition coefficient (Wildman–Crippen LogP) is 1.62. The van der Waals surface area contributed by atoms with Crippen molar-refractivity contribution in [2.24, 2.45) is 5.73 Å². The van der Waals surface area contributed by atoms with Crippen molar-refractivity contribution < 1.29 is 0 Å². The minimum atomic E-state index is 0.0701. The highest BCUT2D eigenvalue weighted by Crippen LogP contribution is 2.48. The van der Waals surface area contributed by atoms with Gasteiger partial charge in [0.1, 0.15) is 5.82 Å². The van der Waals surface area contributed by atoms with Crippen molar-refractivity contribution in [1.29, 1.82) is 0 Å². The SMILES string of the molecule is CC(N)C1(c2ncc(Br)cn2)CC1. The lowest BCUT2D eigenvalue weighted by Gasteiger charge is -2.17. The summed E-state index contributed by atoms with van der Waals surface area (Å²) in [6.45, 7) is 2.03. The van der Waals surface area contributed by atoms with Crippen molar-refractivity contribution in [3.05, 3.63) is 22.7 Å². The van der Waals surface area contributed by atoms with Crippen molar-refractivity contribution in [2.75, 3.05) is 0 Å². The zero-order valence-corrected chi connectivity index (χ0v) is 9.08. The molecule has 2 N–H and O–H groups in total. The summed E-state index contributed by atoms with van der Waals surface area (Å²) in [5, 5.41) is 0. The van der Waals surface area contributed by atoms with Gasteiger partial charge in [-0.15, -0.1) is 0 Å². The molecule has 13 heavy (non-hydrogen) atoms. The van der Waals surface area contributed by atoms with Gasteiger partial charge in [0.2, 0.25) is 0 Å². The number of aromatic nitrogens is 2. The van der Waals surface area contributed by atoms with E-state index in [9.17, 15) is 0 Å². The molecule has 1 atom stereocenters. The van der Waals surface area contributed by atoms with Crippen LogP contribution in [0.25, 0.3) is 0 Å². The minimum Gasteiger partial charge on any atom is -0.327 e. The van der Waals surface area contributed by atoms with E-state index in [0.29, 0.717) is 0 Å². The fraction of sp³-hybridized carbons (Fsp3) is 0.556. The standard InChI is InChI=1S/C9H12BrN3/c1-6(11)9(2-3-9)8-12-4-7(10)5-13-8/h4-6H,2-3,11H2,1H3. The van der Waals surface area contributed by atoms with Crippen molar-refractivity contribution >= 4 is 15.9 Å². The van der Waals surface area contributed by atoms with Crippen molar-refractivity contribution in [3.8, 4) is 0 Å². The Morgan fingerprint density at radius 3 is 2.38 bits per heavy atom. The van der Waals surface area contributed by atoms with E-state index in [1.165, 1.54) is 0 Å². The number of hydrogen-bond donors (Lipinski definition) is 1. The van der Waals surface area contributed by atoms with Crippen molar-refractivity contribution in [3.63, 3.8) is 0 Å². The average Bonchev–Trinajstić information content (AvgIpc) is 2.86. The van der Waals surface area contributed by atoms with Crippen LogP contribution >= 0.6 is 15.9 Å². The van der Waals surface area contributed by atoms with Crippen LogP contribution in [-0.2, 0) is 5.41 Å². The normalized spacial score (nSPS) is 21.2. The van der Waals surface area contributed by atoms with E-state index in [2.05, 4.69) is 25.9 Å². The van der Waals surface area contributed by atoms with Gasteiger partial charge in [0.15, 0.2) is 0 Å². The molecule has 1 aliphatic rings. The Bertz CT molecular complexity index is 303. The summed E-state index contributed by atoms with van der Waals surface area (Å²) in [4.78, 5) is 8.59. The first kappa shape index (κ1) is 9.09. The second-order valence-corrected chi connectivity index (χ2v) is 4.59. The fourth-order valence-corrected chi connectivity index (χ4v) is 1.79. The molecule has 1 aliphatic carbocycles. The molecule has 1 saturated carbocycles. The van der Waals surface area contributed by atoms with Gasteiger partial charge in [-0.3, -0.25) is 0 Å². The van der Waals surface area contributed by atoms with Crippen LogP contribution in [-0.4, -0.2) is 16.0 Å². The number of nitrogens with zero attached hydrogens (tertiary/aromatic N) is 2. The summed E-state index contributed by atoms with van der Waals surface area (Å²) in [7, 11) is 0. The van der Waals surface area contributed by atoms with Gasteiger partial charge in [-0.1, -0.05) is 0 Å². The lowest BCUT2D eigenvalue weighted by Crippen LogP contribution is -2.33. The first-order valence-corrected chi connectivity index (χ1v) is 5.18. The molecule has 70 valence electrons. The maximum Gasteiger partial charge on any atom is 0.135 e. The Kier molecular flexibility index (Phi) is 2.12. The topological polar surface area (TPSA) is 51.8 Å². The third kappa shape index (κ3) is 1.48. The van der Waals surface area contributed by atoms with Gasteiger partial charge in [0, 0.05) is 23.9 Å². The largest absolute Gasteiger partial charge is 0.327 e. The molecule has 0 aromatic carbocycles. The second-order valence-electron chi connectivity index (χ2n) is 3.67. The molecular weight excluding hydrogens is 230 g/mol. The van der Waals surface area contributed by atoms with Gasteiger partial charge in [-0.05, 0) is 35.7 Å². The Morgan fingerprint density at radius 1 is 1.46 bits per heavy atom. The molecule has 0 radical (unpaired) electrons. The molecule has 0 amide bonds. The fourth-order valence-electron chi connectivity index (χ4n) is 1.59. The average molecular weight is 242 g/mol. The van der Waals surface area contributed by atoms with Crippen LogP contribution in [0.1, 0.15) is 25.6 Å². The van der Waals surface area contributed by atoms with Crippen LogP contribution in [0.5, 0.6) is 0 Å². The van der Waals surface area contributed by atoms with Gasteiger partial charge >= 0.3 is 0 Å². The van der Waals surface area contributed by atoms with Crippen molar-refractivity contribution in [1.82, 2.24) is 9.97 Å². The lowest BCUT2D eigenvalue weighted by molar-refractivity contribution is 0.525. The van der Waals surface area contributed by atoms with E-state index in [1.54, 1.807) is 12.4 Å². The lowest BCUT2D eigenvalue weighted by atomic mass is 9.98. The summed E-state index contributed by atoms with van der Waals surface area (Å²) < 4.78 is 0.914. The van der Waals surface area contributed by atoms with E-state index in [-0.39, 0.29) is 11.5 Å². The highest BCUT2D eigenvalue weighted by molar-refractivity contribution is 9.10. The molecule has 0 aliphatic heterocycles. The van der Waals surface area contributed by atoms with Gasteiger partial charge in [0.25, 0.3) is 0 Å². The molecule has 3 nitrogen and oxygen atoms in total. The Balaban J connectivity index is 2.31. The van der Waals surface area contributed by atoms with Crippen LogP contribution < -0.4 is 5.73 Å². The van der Waals surface area contributed by atoms with Gasteiger partial charge < -0.3 is 5.73 Å². The van der Waals surface area contributed by atoms with E-state index >= 15 is 0 Å². The maximum absolute atomic E-state index is 5.91. The van der Waals surface area contributed by atoms with Gasteiger partial charge in [-0.25, -0.2) is 9.97 Å². The number of rotatable bonds is 2. The zero-order valence-electron chi connectivity index (χ0n) is 7.50. The summed E-state index contributed by atoms with van der Waals surface area (Å²) in [6, 6.07) is 0.147. The van der Waals surface area contributed by atoms with Crippen molar-refractivity contribution in [2.45, 2.75) is 31.2 Å². The summed E-state index contributed by atoms with van der Waals surface area (Å²) in [6.07, 6.45) is 5.80. The first-order chi connectivity index (χ1) is 6.15.